The van der Waals surface area contributed by atoms with E-state index in [1.807, 2.05) is 6.07 Å². The zero-order chi connectivity index (χ0) is 20.8. The first-order valence-corrected chi connectivity index (χ1v) is 10.2. The van der Waals surface area contributed by atoms with E-state index in [0.717, 1.165) is 4.57 Å². The molecule has 9 heteroatoms. The predicted octanol–water partition coefficient (Wildman–Crippen LogP) is 2.92. The molecule has 0 saturated heterocycles. The van der Waals surface area contributed by atoms with Crippen molar-refractivity contribution in [3.8, 4) is 5.69 Å². The van der Waals surface area contributed by atoms with Gasteiger partial charge in [-0.15, -0.1) is 11.3 Å². The van der Waals surface area contributed by atoms with Gasteiger partial charge in [-0.2, -0.15) is 0 Å². The number of hydrogen-bond donors (Lipinski definition) is 0. The van der Waals surface area contributed by atoms with Crippen LogP contribution in [-0.4, -0.2) is 18.5 Å². The van der Waals surface area contributed by atoms with Gasteiger partial charge < -0.3 is 0 Å². The molecular formula is C21H13ClN4O3S. The van der Waals surface area contributed by atoms with Gasteiger partial charge in [-0.3, -0.25) is 18.6 Å². The number of rotatable bonds is 3. The Morgan fingerprint density at radius 3 is 2.60 bits per heavy atom. The van der Waals surface area contributed by atoms with Crippen LogP contribution in [0.4, 0.5) is 0 Å². The Bertz CT molecular complexity index is 1600. The molecular weight excluding hydrogens is 424 g/mol. The van der Waals surface area contributed by atoms with Crippen molar-refractivity contribution in [2.24, 2.45) is 0 Å². The summed E-state index contributed by atoms with van der Waals surface area (Å²) in [6.07, 6.45) is 1.49. The summed E-state index contributed by atoms with van der Waals surface area (Å²) in [7, 11) is 0. The molecule has 0 aliphatic heterocycles. The van der Waals surface area contributed by atoms with Crippen LogP contribution in [0.1, 0.15) is 5.69 Å². The van der Waals surface area contributed by atoms with Gasteiger partial charge >= 0.3 is 5.69 Å². The normalized spacial score (nSPS) is 11.4. The monoisotopic (exact) mass is 436 g/mol. The van der Waals surface area contributed by atoms with Crippen molar-refractivity contribution in [2.45, 2.75) is 6.54 Å². The highest BCUT2D eigenvalue weighted by Gasteiger charge is 2.16. The van der Waals surface area contributed by atoms with Crippen molar-refractivity contribution >= 4 is 38.8 Å². The number of aromatic nitrogens is 4. The van der Waals surface area contributed by atoms with E-state index in [4.69, 9.17) is 11.6 Å². The highest BCUT2D eigenvalue weighted by Crippen LogP contribution is 2.17. The number of hydrogen-bond acceptors (Lipinski definition) is 5. The van der Waals surface area contributed by atoms with E-state index in [1.54, 1.807) is 47.8 Å². The summed E-state index contributed by atoms with van der Waals surface area (Å²) in [5.74, 6) is 0. The average Bonchev–Trinajstić information content (AvgIpc) is 3.23. The number of fused-ring (bicyclic) bond motifs is 2. The van der Waals surface area contributed by atoms with Crippen molar-refractivity contribution in [1.29, 1.82) is 0 Å². The summed E-state index contributed by atoms with van der Waals surface area (Å²) < 4.78 is 4.42. The molecule has 0 bridgehead atoms. The third-order valence-corrected chi connectivity index (χ3v) is 5.88. The maximum atomic E-state index is 13.3. The molecule has 4 aromatic heterocycles. The van der Waals surface area contributed by atoms with Gasteiger partial charge in [0.05, 0.1) is 28.5 Å². The van der Waals surface area contributed by atoms with Gasteiger partial charge in [0.2, 0.25) is 0 Å². The van der Waals surface area contributed by atoms with E-state index in [2.05, 4.69) is 4.98 Å². The Hall–Kier alpha value is -3.49. The molecule has 0 aliphatic rings. The minimum atomic E-state index is -0.491. The lowest BCUT2D eigenvalue weighted by Gasteiger charge is -2.12. The van der Waals surface area contributed by atoms with Gasteiger partial charge in [0.1, 0.15) is 10.3 Å². The van der Waals surface area contributed by atoms with Crippen molar-refractivity contribution in [1.82, 2.24) is 18.5 Å². The molecule has 0 unspecified atom stereocenters. The van der Waals surface area contributed by atoms with Gasteiger partial charge in [0, 0.05) is 12.3 Å². The molecule has 0 aliphatic carbocycles. The fourth-order valence-corrected chi connectivity index (χ4v) is 4.40. The van der Waals surface area contributed by atoms with Crippen LogP contribution in [0.5, 0.6) is 0 Å². The Kier molecular flexibility index (Phi) is 4.38. The van der Waals surface area contributed by atoms with Crippen LogP contribution in [0, 0.1) is 0 Å². The average molecular weight is 437 g/mol. The van der Waals surface area contributed by atoms with E-state index in [0.29, 0.717) is 32.3 Å². The molecule has 30 heavy (non-hydrogen) atoms. The molecule has 0 atom stereocenters. The summed E-state index contributed by atoms with van der Waals surface area (Å²) in [4.78, 5) is 43.3. The van der Waals surface area contributed by atoms with Crippen LogP contribution in [0.25, 0.3) is 21.6 Å². The van der Waals surface area contributed by atoms with Crippen LogP contribution in [0.2, 0.25) is 5.02 Å². The number of halogens is 1. The van der Waals surface area contributed by atoms with Crippen LogP contribution in [0.15, 0.2) is 80.6 Å². The largest absolute Gasteiger partial charge is 0.336 e. The number of benzene rings is 1. The molecule has 5 aromatic rings. The second-order valence-corrected chi connectivity index (χ2v) is 7.99. The standard InChI is InChI=1S/C21H13ClN4O3S/c22-13-6-7-17-23-14(10-18(27)25(17)11-13)12-24-16-8-9-30-19(16)20(28)26(21(24)29)15-4-2-1-3-5-15/h1-11H,12H2. The smallest absolute Gasteiger partial charge is 0.286 e. The van der Waals surface area contributed by atoms with E-state index in [1.165, 1.54) is 32.6 Å². The van der Waals surface area contributed by atoms with Gasteiger partial charge in [0.25, 0.3) is 11.1 Å². The summed E-state index contributed by atoms with van der Waals surface area (Å²) in [5.41, 5.74) is 0.674. The quantitative estimate of drug-likeness (QED) is 0.435. The third kappa shape index (κ3) is 2.97. The zero-order valence-electron chi connectivity index (χ0n) is 15.4. The van der Waals surface area contributed by atoms with E-state index in [-0.39, 0.29) is 17.7 Å². The Balaban J connectivity index is 1.74. The van der Waals surface area contributed by atoms with Crippen LogP contribution >= 0.6 is 22.9 Å². The van der Waals surface area contributed by atoms with Crippen LogP contribution < -0.4 is 16.8 Å². The van der Waals surface area contributed by atoms with Crippen LogP contribution in [0.3, 0.4) is 0 Å². The molecule has 0 saturated carbocycles. The highest BCUT2D eigenvalue weighted by molar-refractivity contribution is 7.17. The Labute approximate surface area is 177 Å². The van der Waals surface area contributed by atoms with Gasteiger partial charge in [0.15, 0.2) is 0 Å². The fraction of sp³-hybridized carbons (Fsp3) is 0.0476. The minimum absolute atomic E-state index is 0.0492. The first-order valence-electron chi connectivity index (χ1n) is 8.99. The van der Waals surface area contributed by atoms with Gasteiger partial charge in [-0.05, 0) is 35.7 Å². The minimum Gasteiger partial charge on any atom is -0.286 e. The molecule has 4 heterocycles. The lowest BCUT2D eigenvalue weighted by atomic mass is 10.3. The second-order valence-electron chi connectivity index (χ2n) is 6.64. The highest BCUT2D eigenvalue weighted by atomic mass is 35.5. The fourth-order valence-electron chi connectivity index (χ4n) is 3.41. The zero-order valence-corrected chi connectivity index (χ0v) is 16.9. The molecule has 1 aromatic carbocycles. The molecule has 0 spiro atoms. The molecule has 148 valence electrons. The lowest BCUT2D eigenvalue weighted by molar-refractivity contribution is 0.701. The predicted molar refractivity (Wildman–Crippen MR) is 117 cm³/mol. The first-order chi connectivity index (χ1) is 14.5. The Morgan fingerprint density at radius 1 is 1.00 bits per heavy atom. The first kappa shape index (κ1) is 18.5. The number of para-hydroxylation sites is 1. The molecule has 7 nitrogen and oxygen atoms in total. The van der Waals surface area contributed by atoms with Gasteiger partial charge in [-0.1, -0.05) is 29.8 Å². The number of thiophene rings is 1. The van der Waals surface area contributed by atoms with Gasteiger partial charge in [-0.25, -0.2) is 14.3 Å². The SMILES string of the molecule is O=c1c2sccc2n(Cc2cc(=O)n3cc(Cl)ccc3n2)c(=O)n1-c1ccccc1. The number of nitrogens with zero attached hydrogens (tertiary/aromatic N) is 4. The lowest BCUT2D eigenvalue weighted by Crippen LogP contribution is -2.38. The second kappa shape index (κ2) is 7.08. The molecule has 0 amide bonds. The summed E-state index contributed by atoms with van der Waals surface area (Å²) in [6, 6.07) is 15.1. The number of pyridine rings is 1. The molecule has 5 rings (SSSR count). The summed E-state index contributed by atoms with van der Waals surface area (Å²) in [6.45, 7) is 0.0492. The molecule has 0 N–H and O–H groups in total. The summed E-state index contributed by atoms with van der Waals surface area (Å²) in [5, 5.41) is 2.19. The maximum absolute atomic E-state index is 13.3. The third-order valence-electron chi connectivity index (χ3n) is 4.77. The van der Waals surface area contributed by atoms with E-state index < -0.39 is 5.69 Å². The molecule has 0 radical (unpaired) electrons. The maximum Gasteiger partial charge on any atom is 0.336 e. The van der Waals surface area contributed by atoms with Crippen LogP contribution in [-0.2, 0) is 6.54 Å². The van der Waals surface area contributed by atoms with Crippen molar-refractivity contribution in [3.05, 3.63) is 108 Å². The van der Waals surface area contributed by atoms with Crippen molar-refractivity contribution < 1.29 is 0 Å². The molecule has 0 fully saturated rings. The topological polar surface area (TPSA) is 78.4 Å². The van der Waals surface area contributed by atoms with E-state index in [9.17, 15) is 14.4 Å². The Morgan fingerprint density at radius 2 is 1.80 bits per heavy atom. The van der Waals surface area contributed by atoms with E-state index >= 15 is 0 Å². The summed E-state index contributed by atoms with van der Waals surface area (Å²) >= 11 is 7.23. The van der Waals surface area contributed by atoms with Crippen molar-refractivity contribution in [2.75, 3.05) is 0 Å². The van der Waals surface area contributed by atoms with Crippen molar-refractivity contribution in [3.63, 3.8) is 0 Å².